The van der Waals surface area contributed by atoms with Gasteiger partial charge in [0.2, 0.25) is 17.7 Å². The van der Waals surface area contributed by atoms with Crippen LogP contribution in [-0.2, 0) is 9.59 Å². The number of carbonyl (C=O) groups is 2. The van der Waals surface area contributed by atoms with Crippen LogP contribution in [0.3, 0.4) is 0 Å². The Hall–Kier alpha value is -2.06. The molecule has 26 heavy (non-hydrogen) atoms. The highest BCUT2D eigenvalue weighted by Gasteiger charge is 2.30. The third-order valence-corrected chi connectivity index (χ3v) is 5.43. The molecule has 0 aliphatic carbocycles. The van der Waals surface area contributed by atoms with E-state index in [-0.39, 0.29) is 17.7 Å². The number of nitrogens with zero attached hydrogens (tertiary/aromatic N) is 3. The van der Waals surface area contributed by atoms with Gasteiger partial charge in [-0.25, -0.2) is 0 Å². The number of benzene rings is 1. The van der Waals surface area contributed by atoms with Gasteiger partial charge in [-0.05, 0) is 44.0 Å². The van der Waals surface area contributed by atoms with Gasteiger partial charge in [-0.15, -0.1) is 10.2 Å². The smallest absolute Gasteiger partial charge is 0.277 e. The van der Waals surface area contributed by atoms with Crippen molar-refractivity contribution in [3.8, 4) is 11.5 Å². The topological polar surface area (TPSA) is 102 Å². The van der Waals surface area contributed by atoms with Crippen molar-refractivity contribution in [1.29, 1.82) is 0 Å². The summed E-state index contributed by atoms with van der Waals surface area (Å²) in [5.41, 5.74) is 6.13. The van der Waals surface area contributed by atoms with Crippen molar-refractivity contribution < 1.29 is 14.0 Å². The largest absolute Gasteiger partial charge is 0.411 e. The van der Waals surface area contributed by atoms with Crippen LogP contribution in [0, 0.1) is 5.92 Å². The van der Waals surface area contributed by atoms with Crippen molar-refractivity contribution in [2.45, 2.75) is 30.2 Å². The molecule has 1 saturated heterocycles. The number of primary amides is 1. The summed E-state index contributed by atoms with van der Waals surface area (Å²) in [5.74, 6) is -0.320. The minimum absolute atomic E-state index is 0.0628. The minimum atomic E-state index is -0.403. The van der Waals surface area contributed by atoms with E-state index in [9.17, 15) is 9.59 Å². The van der Waals surface area contributed by atoms with E-state index in [1.807, 2.05) is 0 Å². The van der Waals surface area contributed by atoms with E-state index < -0.39 is 5.25 Å². The first kappa shape index (κ1) is 18.7. The Morgan fingerprint density at radius 3 is 2.77 bits per heavy atom. The van der Waals surface area contributed by atoms with Gasteiger partial charge in [0, 0.05) is 23.7 Å². The van der Waals surface area contributed by atoms with E-state index in [0.29, 0.717) is 29.2 Å². The molecular weight excluding hydrogens is 376 g/mol. The number of hydrogen-bond acceptors (Lipinski definition) is 6. The van der Waals surface area contributed by atoms with Crippen LogP contribution in [-0.4, -0.2) is 45.3 Å². The Morgan fingerprint density at radius 2 is 2.08 bits per heavy atom. The van der Waals surface area contributed by atoms with Crippen molar-refractivity contribution in [2.24, 2.45) is 11.7 Å². The van der Waals surface area contributed by atoms with Gasteiger partial charge in [-0.3, -0.25) is 9.59 Å². The number of piperidine rings is 1. The van der Waals surface area contributed by atoms with Crippen molar-refractivity contribution >= 4 is 35.2 Å². The Kier molecular flexibility index (Phi) is 5.83. The number of hydrogen-bond donors (Lipinski definition) is 1. The summed E-state index contributed by atoms with van der Waals surface area (Å²) >= 11 is 7.07. The molecule has 138 valence electrons. The highest BCUT2D eigenvalue weighted by molar-refractivity contribution is 8.00. The first-order chi connectivity index (χ1) is 12.4. The highest BCUT2D eigenvalue weighted by atomic mass is 35.5. The average molecular weight is 395 g/mol. The predicted octanol–water partition coefficient (Wildman–Crippen LogP) is 2.59. The van der Waals surface area contributed by atoms with Crippen LogP contribution in [0.4, 0.5) is 0 Å². The lowest BCUT2D eigenvalue weighted by atomic mass is 9.97. The first-order valence-corrected chi connectivity index (χ1v) is 9.54. The zero-order valence-corrected chi connectivity index (χ0v) is 15.8. The monoisotopic (exact) mass is 394 g/mol. The lowest BCUT2D eigenvalue weighted by Crippen LogP contribution is -2.46. The van der Waals surface area contributed by atoms with Crippen LogP contribution < -0.4 is 5.73 Å². The fraction of sp³-hybridized carbons (Fsp3) is 0.412. The quantitative estimate of drug-likeness (QED) is 0.782. The molecule has 2 N–H and O–H groups in total. The third kappa shape index (κ3) is 4.37. The van der Waals surface area contributed by atoms with E-state index in [0.717, 1.165) is 18.4 Å². The summed E-state index contributed by atoms with van der Waals surface area (Å²) in [6, 6.07) is 7.06. The molecule has 7 nitrogen and oxygen atoms in total. The maximum Gasteiger partial charge on any atom is 0.277 e. The van der Waals surface area contributed by atoms with Crippen molar-refractivity contribution in [3.63, 3.8) is 0 Å². The summed E-state index contributed by atoms with van der Waals surface area (Å²) in [4.78, 5) is 25.7. The second-order valence-corrected chi connectivity index (χ2v) is 7.89. The molecule has 2 atom stereocenters. The summed E-state index contributed by atoms with van der Waals surface area (Å²) < 4.78 is 5.63. The van der Waals surface area contributed by atoms with E-state index in [4.69, 9.17) is 21.8 Å². The molecule has 0 bridgehead atoms. The standard InChI is InChI=1S/C17H19ClN4O3S/c1-10(16(24)22-8-2-3-12(9-22)14(19)23)26-17-21-20-15(25-17)11-4-6-13(18)7-5-11/h4-7,10,12H,2-3,8-9H2,1H3,(H2,19,23). The zero-order chi connectivity index (χ0) is 18.7. The normalized spacial score (nSPS) is 18.5. The second-order valence-electron chi connectivity index (χ2n) is 6.17. The van der Waals surface area contributed by atoms with Gasteiger partial charge in [-0.1, -0.05) is 23.4 Å². The van der Waals surface area contributed by atoms with Gasteiger partial charge in [0.05, 0.1) is 11.2 Å². The van der Waals surface area contributed by atoms with Gasteiger partial charge in [0.1, 0.15) is 0 Å². The number of thioether (sulfide) groups is 1. The Bertz CT molecular complexity index is 796. The molecule has 0 saturated carbocycles. The maximum absolute atomic E-state index is 12.6. The van der Waals surface area contributed by atoms with E-state index in [1.54, 1.807) is 36.1 Å². The number of halogens is 1. The zero-order valence-electron chi connectivity index (χ0n) is 14.2. The summed E-state index contributed by atoms with van der Waals surface area (Å²) in [6.45, 7) is 2.79. The van der Waals surface area contributed by atoms with Gasteiger partial charge in [0.25, 0.3) is 5.22 Å². The Labute approximate surface area is 160 Å². The molecule has 0 radical (unpaired) electrons. The van der Waals surface area contributed by atoms with Crippen LogP contribution in [0.25, 0.3) is 11.5 Å². The second kappa shape index (κ2) is 8.09. The Morgan fingerprint density at radius 1 is 1.35 bits per heavy atom. The first-order valence-electron chi connectivity index (χ1n) is 8.28. The molecule has 2 heterocycles. The molecule has 2 amide bonds. The number of likely N-dealkylation sites (tertiary alicyclic amines) is 1. The molecule has 3 rings (SSSR count). The maximum atomic E-state index is 12.6. The van der Waals surface area contributed by atoms with Gasteiger partial charge in [-0.2, -0.15) is 0 Å². The molecular formula is C17H19ClN4O3S. The summed E-state index contributed by atoms with van der Waals surface area (Å²) in [7, 11) is 0. The predicted molar refractivity (Wildman–Crippen MR) is 98.6 cm³/mol. The molecule has 2 aromatic rings. The highest BCUT2D eigenvalue weighted by Crippen LogP contribution is 2.28. The molecule has 1 aliphatic heterocycles. The SMILES string of the molecule is CC(Sc1nnc(-c2ccc(Cl)cc2)o1)C(=O)N1CCCC(C(N)=O)C1. The molecule has 1 aliphatic rings. The fourth-order valence-corrected chi connectivity index (χ4v) is 3.73. The van der Waals surface area contributed by atoms with Crippen LogP contribution >= 0.6 is 23.4 Å². The third-order valence-electron chi connectivity index (χ3n) is 4.26. The number of amides is 2. The minimum Gasteiger partial charge on any atom is -0.411 e. The molecule has 2 unspecified atom stereocenters. The van der Waals surface area contributed by atoms with E-state index in [1.165, 1.54) is 11.8 Å². The van der Waals surface area contributed by atoms with Gasteiger partial charge >= 0.3 is 0 Å². The van der Waals surface area contributed by atoms with Crippen molar-refractivity contribution in [1.82, 2.24) is 15.1 Å². The Balaban J connectivity index is 1.62. The number of aromatic nitrogens is 2. The van der Waals surface area contributed by atoms with Crippen LogP contribution in [0.2, 0.25) is 5.02 Å². The number of nitrogens with two attached hydrogens (primary N) is 1. The summed E-state index contributed by atoms with van der Waals surface area (Å²) in [6.07, 6.45) is 1.51. The molecule has 1 aromatic carbocycles. The lowest BCUT2D eigenvalue weighted by Gasteiger charge is -2.32. The average Bonchev–Trinajstić information content (AvgIpc) is 3.10. The number of rotatable bonds is 5. The molecule has 1 aromatic heterocycles. The summed E-state index contributed by atoms with van der Waals surface area (Å²) in [5, 5.41) is 8.54. The van der Waals surface area contributed by atoms with Gasteiger partial charge < -0.3 is 15.1 Å². The number of carbonyl (C=O) groups excluding carboxylic acids is 2. The molecule has 1 fully saturated rings. The van der Waals surface area contributed by atoms with Crippen molar-refractivity contribution in [2.75, 3.05) is 13.1 Å². The molecule has 9 heteroatoms. The fourth-order valence-electron chi connectivity index (χ4n) is 2.83. The molecule has 0 spiro atoms. The van der Waals surface area contributed by atoms with E-state index >= 15 is 0 Å². The van der Waals surface area contributed by atoms with Crippen LogP contribution in [0.5, 0.6) is 0 Å². The van der Waals surface area contributed by atoms with Gasteiger partial charge in [0.15, 0.2) is 0 Å². The van der Waals surface area contributed by atoms with Crippen LogP contribution in [0.1, 0.15) is 19.8 Å². The van der Waals surface area contributed by atoms with Crippen molar-refractivity contribution in [3.05, 3.63) is 29.3 Å². The van der Waals surface area contributed by atoms with E-state index in [2.05, 4.69) is 10.2 Å². The van der Waals surface area contributed by atoms with Crippen LogP contribution in [0.15, 0.2) is 33.9 Å². The lowest BCUT2D eigenvalue weighted by molar-refractivity contribution is -0.134.